The maximum absolute atomic E-state index is 12.0. The highest BCUT2D eigenvalue weighted by molar-refractivity contribution is 5.92. The van der Waals surface area contributed by atoms with E-state index >= 15 is 0 Å². The quantitative estimate of drug-likeness (QED) is 0.721. The zero-order chi connectivity index (χ0) is 15.2. The molecule has 2 aromatic rings. The number of aromatic nitrogens is 2. The highest BCUT2D eigenvalue weighted by Crippen LogP contribution is 2.11. The molecule has 4 N–H and O–H groups in total. The number of hydrogen-bond acceptors (Lipinski definition) is 4. The van der Waals surface area contributed by atoms with Gasteiger partial charge in [0.2, 0.25) is 5.91 Å². The number of aliphatic carboxylic acids is 1. The molecule has 0 aliphatic heterocycles. The molecule has 0 saturated heterocycles. The van der Waals surface area contributed by atoms with Crippen molar-refractivity contribution in [2.75, 3.05) is 5.32 Å². The molecule has 1 heterocycles. The minimum Gasteiger partial charge on any atom is -0.480 e. The molecule has 0 radical (unpaired) electrons. The number of nitrogens with zero attached hydrogens (tertiary/aromatic N) is 2. The standard InChI is InChI=1S/C14H16N4O3/c15-6-11-4-2-1-3-10(11)5-13(19)17-12-7-16-18(8-12)9-14(20)21/h1-4,7-8H,5-6,9,15H2,(H,17,19)(H,20,21). The number of nitrogens with one attached hydrogen (secondary N) is 1. The molecule has 110 valence electrons. The summed E-state index contributed by atoms with van der Waals surface area (Å²) in [6.45, 7) is 0.131. The first-order chi connectivity index (χ1) is 10.1. The van der Waals surface area contributed by atoms with E-state index in [1.165, 1.54) is 17.1 Å². The summed E-state index contributed by atoms with van der Waals surface area (Å²) in [5.74, 6) is -1.20. The van der Waals surface area contributed by atoms with Crippen LogP contribution in [0.25, 0.3) is 0 Å². The van der Waals surface area contributed by atoms with Gasteiger partial charge in [-0.3, -0.25) is 14.3 Å². The fourth-order valence-electron chi connectivity index (χ4n) is 1.96. The van der Waals surface area contributed by atoms with Crippen LogP contribution >= 0.6 is 0 Å². The Hall–Kier alpha value is -2.67. The van der Waals surface area contributed by atoms with Gasteiger partial charge in [-0.05, 0) is 11.1 Å². The summed E-state index contributed by atoms with van der Waals surface area (Å²) in [6.07, 6.45) is 3.09. The molecule has 2 rings (SSSR count). The molecule has 7 heteroatoms. The minimum absolute atomic E-state index is 0.203. The predicted molar refractivity (Wildman–Crippen MR) is 76.5 cm³/mol. The molecule has 1 amide bonds. The van der Waals surface area contributed by atoms with Crippen molar-refractivity contribution in [3.63, 3.8) is 0 Å². The monoisotopic (exact) mass is 288 g/mol. The Morgan fingerprint density at radius 3 is 2.67 bits per heavy atom. The van der Waals surface area contributed by atoms with E-state index in [1.807, 2.05) is 24.3 Å². The summed E-state index contributed by atoms with van der Waals surface area (Å²) < 4.78 is 1.24. The lowest BCUT2D eigenvalue weighted by molar-refractivity contribution is -0.137. The normalized spacial score (nSPS) is 10.3. The number of benzene rings is 1. The molecule has 0 spiro atoms. The molecule has 0 aliphatic rings. The first-order valence-corrected chi connectivity index (χ1v) is 6.39. The Morgan fingerprint density at radius 1 is 1.29 bits per heavy atom. The molecule has 0 unspecified atom stereocenters. The second-order valence-electron chi connectivity index (χ2n) is 4.52. The molecular formula is C14H16N4O3. The number of carboxylic acids is 1. The van der Waals surface area contributed by atoms with Crippen molar-refractivity contribution >= 4 is 17.6 Å². The van der Waals surface area contributed by atoms with Gasteiger partial charge < -0.3 is 16.2 Å². The predicted octanol–water partition coefficient (Wildman–Crippen LogP) is 0.608. The molecule has 7 nitrogen and oxygen atoms in total. The van der Waals surface area contributed by atoms with Gasteiger partial charge in [0, 0.05) is 12.7 Å². The molecule has 1 aromatic carbocycles. The van der Waals surface area contributed by atoms with Gasteiger partial charge in [-0.1, -0.05) is 24.3 Å². The van der Waals surface area contributed by atoms with Gasteiger partial charge in [-0.15, -0.1) is 0 Å². The number of rotatable bonds is 6. The molecule has 0 atom stereocenters. The van der Waals surface area contributed by atoms with Crippen molar-refractivity contribution in [2.45, 2.75) is 19.5 Å². The van der Waals surface area contributed by atoms with Crippen LogP contribution in [0.2, 0.25) is 0 Å². The Bertz CT molecular complexity index is 651. The van der Waals surface area contributed by atoms with Crippen LogP contribution in [0.5, 0.6) is 0 Å². The number of hydrogen-bond donors (Lipinski definition) is 3. The van der Waals surface area contributed by atoms with E-state index in [0.29, 0.717) is 12.2 Å². The Kier molecular flexibility index (Phi) is 4.68. The number of carbonyl (C=O) groups excluding carboxylic acids is 1. The van der Waals surface area contributed by atoms with Crippen molar-refractivity contribution in [2.24, 2.45) is 5.73 Å². The third kappa shape index (κ3) is 4.15. The van der Waals surface area contributed by atoms with E-state index in [0.717, 1.165) is 11.1 Å². The fraction of sp³-hybridized carbons (Fsp3) is 0.214. The molecule has 0 saturated carbocycles. The second kappa shape index (κ2) is 6.67. The Morgan fingerprint density at radius 2 is 2.00 bits per heavy atom. The maximum Gasteiger partial charge on any atom is 0.325 e. The summed E-state index contributed by atoms with van der Waals surface area (Å²) in [7, 11) is 0. The van der Waals surface area contributed by atoms with E-state index in [9.17, 15) is 9.59 Å². The van der Waals surface area contributed by atoms with Crippen LogP contribution in [-0.4, -0.2) is 26.8 Å². The lowest BCUT2D eigenvalue weighted by Crippen LogP contribution is -2.16. The highest BCUT2D eigenvalue weighted by atomic mass is 16.4. The van der Waals surface area contributed by atoms with Gasteiger partial charge in [0.15, 0.2) is 0 Å². The van der Waals surface area contributed by atoms with Crippen molar-refractivity contribution in [1.82, 2.24) is 9.78 Å². The van der Waals surface area contributed by atoms with Crippen LogP contribution in [0.4, 0.5) is 5.69 Å². The third-order valence-corrected chi connectivity index (χ3v) is 2.90. The summed E-state index contributed by atoms with van der Waals surface area (Å²) in [6, 6.07) is 7.47. The van der Waals surface area contributed by atoms with Crippen LogP contribution in [0.1, 0.15) is 11.1 Å². The van der Waals surface area contributed by atoms with Gasteiger partial charge in [0.05, 0.1) is 18.3 Å². The number of amides is 1. The number of nitrogens with two attached hydrogens (primary N) is 1. The zero-order valence-corrected chi connectivity index (χ0v) is 11.3. The third-order valence-electron chi connectivity index (χ3n) is 2.90. The number of anilines is 1. The van der Waals surface area contributed by atoms with Crippen LogP contribution in [0.3, 0.4) is 0 Å². The van der Waals surface area contributed by atoms with E-state index in [1.54, 1.807) is 0 Å². The topological polar surface area (TPSA) is 110 Å². The number of carboxylic acid groups (broad SMARTS) is 1. The van der Waals surface area contributed by atoms with Gasteiger partial charge in [-0.25, -0.2) is 0 Å². The zero-order valence-electron chi connectivity index (χ0n) is 11.3. The van der Waals surface area contributed by atoms with Crippen molar-refractivity contribution in [3.05, 3.63) is 47.8 Å². The molecule has 0 fully saturated rings. The van der Waals surface area contributed by atoms with E-state index < -0.39 is 5.97 Å². The largest absolute Gasteiger partial charge is 0.480 e. The van der Waals surface area contributed by atoms with Crippen molar-refractivity contribution in [3.8, 4) is 0 Å². The SMILES string of the molecule is NCc1ccccc1CC(=O)Nc1cnn(CC(=O)O)c1. The summed E-state index contributed by atoms with van der Waals surface area (Å²) in [4.78, 5) is 22.5. The average molecular weight is 288 g/mol. The van der Waals surface area contributed by atoms with Gasteiger partial charge >= 0.3 is 5.97 Å². The van der Waals surface area contributed by atoms with Crippen molar-refractivity contribution < 1.29 is 14.7 Å². The highest BCUT2D eigenvalue weighted by Gasteiger charge is 2.09. The van der Waals surface area contributed by atoms with Gasteiger partial charge in [-0.2, -0.15) is 5.10 Å². The number of carbonyl (C=O) groups is 2. The van der Waals surface area contributed by atoms with Crippen LogP contribution in [0.15, 0.2) is 36.7 Å². The summed E-state index contributed by atoms with van der Waals surface area (Å²) in [5.41, 5.74) is 7.89. The van der Waals surface area contributed by atoms with Crippen LogP contribution < -0.4 is 11.1 Å². The van der Waals surface area contributed by atoms with Crippen LogP contribution in [-0.2, 0) is 29.1 Å². The van der Waals surface area contributed by atoms with Crippen molar-refractivity contribution in [1.29, 1.82) is 0 Å². The van der Waals surface area contributed by atoms with Gasteiger partial charge in [0.1, 0.15) is 6.54 Å². The maximum atomic E-state index is 12.0. The fourth-order valence-corrected chi connectivity index (χ4v) is 1.96. The van der Waals surface area contributed by atoms with Crippen LogP contribution in [0, 0.1) is 0 Å². The molecule has 0 bridgehead atoms. The smallest absolute Gasteiger partial charge is 0.325 e. The first kappa shape index (κ1) is 14.7. The summed E-state index contributed by atoms with van der Waals surface area (Å²) >= 11 is 0. The van der Waals surface area contributed by atoms with Gasteiger partial charge in [0.25, 0.3) is 0 Å². The molecule has 0 aliphatic carbocycles. The minimum atomic E-state index is -0.993. The van der Waals surface area contributed by atoms with E-state index in [4.69, 9.17) is 10.8 Å². The molecular weight excluding hydrogens is 272 g/mol. The second-order valence-corrected chi connectivity index (χ2v) is 4.52. The Labute approximate surface area is 121 Å². The average Bonchev–Trinajstić information content (AvgIpc) is 2.85. The summed E-state index contributed by atoms with van der Waals surface area (Å²) in [5, 5.41) is 15.2. The lowest BCUT2D eigenvalue weighted by Gasteiger charge is -2.07. The molecule has 21 heavy (non-hydrogen) atoms. The lowest BCUT2D eigenvalue weighted by atomic mass is 10.0. The Balaban J connectivity index is 1.98. The van der Waals surface area contributed by atoms with E-state index in [2.05, 4.69) is 10.4 Å². The first-order valence-electron chi connectivity index (χ1n) is 6.39. The molecule has 1 aromatic heterocycles. The van der Waals surface area contributed by atoms with E-state index in [-0.39, 0.29) is 18.9 Å².